The van der Waals surface area contributed by atoms with Crippen molar-refractivity contribution in [3.8, 4) is 11.5 Å². The zero-order valence-corrected chi connectivity index (χ0v) is 17.9. The molecule has 0 saturated carbocycles. The summed E-state index contributed by atoms with van der Waals surface area (Å²) in [4.78, 5) is 0. The standard InChI is InChI=1S/C23H33NO5/c1-5-28-23(29-6-2)15-24-20(17-27-16-18-10-8-7-9-11-18)19-12-13-21(25-3)22(14-19)26-4/h7-14,20,23-24H,5-6,15-17H2,1-4H3. The summed E-state index contributed by atoms with van der Waals surface area (Å²) in [6.07, 6.45) is -0.304. The molecule has 6 nitrogen and oxygen atoms in total. The highest BCUT2D eigenvalue weighted by atomic mass is 16.7. The van der Waals surface area contributed by atoms with E-state index < -0.39 is 0 Å². The predicted molar refractivity (Wildman–Crippen MR) is 113 cm³/mol. The second-order valence-corrected chi connectivity index (χ2v) is 6.42. The molecular weight excluding hydrogens is 370 g/mol. The van der Waals surface area contributed by atoms with Gasteiger partial charge in [-0.1, -0.05) is 36.4 Å². The normalized spacial score (nSPS) is 12.2. The molecule has 0 fully saturated rings. The fraction of sp³-hybridized carbons (Fsp3) is 0.478. The molecule has 160 valence electrons. The monoisotopic (exact) mass is 403 g/mol. The van der Waals surface area contributed by atoms with Crippen LogP contribution in [0.2, 0.25) is 0 Å². The van der Waals surface area contributed by atoms with Crippen LogP contribution in [0.1, 0.15) is 31.0 Å². The Hall–Kier alpha value is -2.12. The van der Waals surface area contributed by atoms with Crippen molar-refractivity contribution in [2.75, 3.05) is 40.6 Å². The molecule has 1 N–H and O–H groups in total. The van der Waals surface area contributed by atoms with E-state index in [4.69, 9.17) is 23.7 Å². The second kappa shape index (κ2) is 13.2. The molecule has 0 radical (unpaired) electrons. The van der Waals surface area contributed by atoms with Crippen LogP contribution in [0.4, 0.5) is 0 Å². The minimum atomic E-state index is -0.304. The molecule has 0 amide bonds. The van der Waals surface area contributed by atoms with Gasteiger partial charge in [-0.3, -0.25) is 0 Å². The summed E-state index contributed by atoms with van der Waals surface area (Å²) in [5, 5.41) is 3.51. The number of benzene rings is 2. The highest BCUT2D eigenvalue weighted by Gasteiger charge is 2.17. The summed E-state index contributed by atoms with van der Waals surface area (Å²) in [5.74, 6) is 1.38. The molecule has 2 aromatic carbocycles. The lowest BCUT2D eigenvalue weighted by Gasteiger charge is -2.24. The maximum Gasteiger partial charge on any atom is 0.169 e. The highest BCUT2D eigenvalue weighted by Crippen LogP contribution is 2.30. The topological polar surface area (TPSA) is 58.2 Å². The Kier molecular flexibility index (Phi) is 10.5. The van der Waals surface area contributed by atoms with Gasteiger partial charge in [-0.15, -0.1) is 0 Å². The van der Waals surface area contributed by atoms with E-state index in [1.165, 1.54) is 0 Å². The molecule has 0 spiro atoms. The summed E-state index contributed by atoms with van der Waals surface area (Å²) in [6, 6.07) is 16.0. The lowest BCUT2D eigenvalue weighted by atomic mass is 10.1. The SMILES string of the molecule is CCOC(CNC(COCc1ccccc1)c1ccc(OC)c(OC)c1)OCC. The van der Waals surface area contributed by atoms with E-state index in [9.17, 15) is 0 Å². The molecule has 0 aliphatic carbocycles. The summed E-state index contributed by atoms with van der Waals surface area (Å²) >= 11 is 0. The minimum absolute atomic E-state index is 0.0538. The van der Waals surface area contributed by atoms with Gasteiger partial charge in [0.2, 0.25) is 0 Å². The van der Waals surface area contributed by atoms with Crippen LogP contribution in [-0.2, 0) is 20.8 Å². The molecule has 1 atom stereocenters. The van der Waals surface area contributed by atoms with Gasteiger partial charge in [0.05, 0.1) is 33.5 Å². The lowest BCUT2D eigenvalue weighted by Crippen LogP contribution is -2.35. The molecule has 1 unspecified atom stereocenters. The van der Waals surface area contributed by atoms with E-state index in [0.29, 0.717) is 44.5 Å². The zero-order valence-electron chi connectivity index (χ0n) is 17.9. The molecule has 6 heteroatoms. The molecule has 0 saturated heterocycles. The summed E-state index contributed by atoms with van der Waals surface area (Å²) in [6.45, 7) is 6.70. The fourth-order valence-corrected chi connectivity index (χ4v) is 2.99. The van der Waals surface area contributed by atoms with Crippen molar-refractivity contribution < 1.29 is 23.7 Å². The summed E-state index contributed by atoms with van der Waals surface area (Å²) < 4.78 is 28.1. The average molecular weight is 404 g/mol. The van der Waals surface area contributed by atoms with Gasteiger partial charge < -0.3 is 29.0 Å². The number of hydrogen-bond donors (Lipinski definition) is 1. The van der Waals surface area contributed by atoms with Crippen molar-refractivity contribution >= 4 is 0 Å². The van der Waals surface area contributed by atoms with E-state index in [2.05, 4.69) is 17.4 Å². The first-order valence-corrected chi connectivity index (χ1v) is 10.0. The van der Waals surface area contributed by atoms with E-state index in [1.54, 1.807) is 14.2 Å². The number of ether oxygens (including phenoxy) is 5. The van der Waals surface area contributed by atoms with Crippen molar-refractivity contribution in [1.29, 1.82) is 0 Å². The number of hydrogen-bond acceptors (Lipinski definition) is 6. The second-order valence-electron chi connectivity index (χ2n) is 6.42. The van der Waals surface area contributed by atoms with Gasteiger partial charge in [0, 0.05) is 19.8 Å². The van der Waals surface area contributed by atoms with Gasteiger partial charge in [0.1, 0.15) is 0 Å². The number of rotatable bonds is 14. The van der Waals surface area contributed by atoms with Crippen LogP contribution < -0.4 is 14.8 Å². The molecule has 2 aromatic rings. The molecule has 0 bridgehead atoms. The van der Waals surface area contributed by atoms with Crippen LogP contribution in [0.3, 0.4) is 0 Å². The number of nitrogens with one attached hydrogen (secondary N) is 1. The van der Waals surface area contributed by atoms with Crippen molar-refractivity contribution in [3.63, 3.8) is 0 Å². The van der Waals surface area contributed by atoms with Crippen LogP contribution >= 0.6 is 0 Å². The molecule has 29 heavy (non-hydrogen) atoms. The molecule has 0 heterocycles. The molecule has 0 aromatic heterocycles. The van der Waals surface area contributed by atoms with Gasteiger partial charge in [0.15, 0.2) is 17.8 Å². The van der Waals surface area contributed by atoms with Crippen molar-refractivity contribution in [2.45, 2.75) is 32.8 Å². The quantitative estimate of drug-likeness (QED) is 0.482. The predicted octanol–water partition coefficient (Wildman–Crippen LogP) is 3.95. The first kappa shape index (κ1) is 23.2. The fourth-order valence-electron chi connectivity index (χ4n) is 2.99. The van der Waals surface area contributed by atoms with E-state index in [-0.39, 0.29) is 12.3 Å². The van der Waals surface area contributed by atoms with Crippen molar-refractivity contribution in [2.24, 2.45) is 0 Å². The summed E-state index contributed by atoms with van der Waals surface area (Å²) in [7, 11) is 3.27. The molecule has 0 aliphatic heterocycles. The van der Waals surface area contributed by atoms with Crippen LogP contribution in [0, 0.1) is 0 Å². The average Bonchev–Trinajstić information content (AvgIpc) is 2.76. The van der Waals surface area contributed by atoms with Gasteiger partial charge in [-0.25, -0.2) is 0 Å². The van der Waals surface area contributed by atoms with Crippen LogP contribution in [0.25, 0.3) is 0 Å². The lowest BCUT2D eigenvalue weighted by molar-refractivity contribution is -0.134. The van der Waals surface area contributed by atoms with Crippen LogP contribution in [-0.4, -0.2) is 46.9 Å². The molecule has 0 aliphatic rings. The Morgan fingerprint density at radius 2 is 1.55 bits per heavy atom. The van der Waals surface area contributed by atoms with Gasteiger partial charge in [0.25, 0.3) is 0 Å². The van der Waals surface area contributed by atoms with Crippen LogP contribution in [0.5, 0.6) is 11.5 Å². The molecular formula is C23H33NO5. The third-order valence-corrected chi connectivity index (χ3v) is 4.44. The smallest absolute Gasteiger partial charge is 0.169 e. The third-order valence-electron chi connectivity index (χ3n) is 4.44. The van der Waals surface area contributed by atoms with Gasteiger partial charge in [-0.05, 0) is 37.1 Å². The minimum Gasteiger partial charge on any atom is -0.493 e. The largest absolute Gasteiger partial charge is 0.493 e. The van der Waals surface area contributed by atoms with Crippen molar-refractivity contribution in [3.05, 3.63) is 59.7 Å². The van der Waals surface area contributed by atoms with Gasteiger partial charge in [-0.2, -0.15) is 0 Å². The van der Waals surface area contributed by atoms with Crippen molar-refractivity contribution in [1.82, 2.24) is 5.32 Å². The van der Waals surface area contributed by atoms with Crippen LogP contribution in [0.15, 0.2) is 48.5 Å². The van der Waals surface area contributed by atoms with E-state index in [0.717, 1.165) is 11.1 Å². The Balaban J connectivity index is 2.08. The zero-order chi connectivity index (χ0) is 20.9. The van der Waals surface area contributed by atoms with Gasteiger partial charge >= 0.3 is 0 Å². The first-order valence-electron chi connectivity index (χ1n) is 10.0. The Morgan fingerprint density at radius 1 is 0.862 bits per heavy atom. The van der Waals surface area contributed by atoms with E-state index in [1.807, 2.05) is 50.2 Å². The Bertz CT molecular complexity index is 689. The first-order chi connectivity index (χ1) is 14.2. The molecule has 2 rings (SSSR count). The maximum atomic E-state index is 6.00. The highest BCUT2D eigenvalue weighted by molar-refractivity contribution is 5.43. The Labute approximate surface area is 174 Å². The number of methoxy groups -OCH3 is 2. The Morgan fingerprint density at radius 3 is 2.17 bits per heavy atom. The summed E-state index contributed by atoms with van der Waals surface area (Å²) in [5.41, 5.74) is 2.18. The third kappa shape index (κ3) is 7.66. The maximum absolute atomic E-state index is 6.00. The van der Waals surface area contributed by atoms with E-state index >= 15 is 0 Å².